The van der Waals surface area contributed by atoms with Crippen LogP contribution in [0.5, 0.6) is 0 Å². The van der Waals surface area contributed by atoms with E-state index in [2.05, 4.69) is 32.1 Å². The van der Waals surface area contributed by atoms with E-state index in [4.69, 9.17) is 11.6 Å². The van der Waals surface area contributed by atoms with Gasteiger partial charge in [-0.05, 0) is 36.5 Å². The van der Waals surface area contributed by atoms with Crippen LogP contribution in [0, 0.1) is 0 Å². The van der Waals surface area contributed by atoms with Gasteiger partial charge in [0, 0.05) is 11.1 Å². The van der Waals surface area contributed by atoms with Crippen molar-refractivity contribution in [2.24, 2.45) is 0 Å². The van der Waals surface area contributed by atoms with Crippen LogP contribution in [-0.2, 0) is 6.54 Å². The van der Waals surface area contributed by atoms with E-state index in [1.807, 2.05) is 12.1 Å². The van der Waals surface area contributed by atoms with E-state index in [1.54, 1.807) is 0 Å². The van der Waals surface area contributed by atoms with Gasteiger partial charge in [-0.15, -0.1) is 0 Å². The second-order valence-electron chi connectivity index (χ2n) is 4.65. The van der Waals surface area contributed by atoms with Crippen LogP contribution < -0.4 is 5.32 Å². The average molecular weight is 264 g/mol. The molecule has 0 atom stereocenters. The van der Waals surface area contributed by atoms with Crippen LogP contribution in [0.15, 0.2) is 35.2 Å². The van der Waals surface area contributed by atoms with Crippen LogP contribution >= 0.6 is 11.6 Å². The number of halogens is 1. The Morgan fingerprint density at radius 1 is 1.28 bits per heavy atom. The first-order chi connectivity index (χ1) is 8.81. The van der Waals surface area contributed by atoms with Crippen LogP contribution in [0.1, 0.15) is 30.1 Å². The molecular weight excluding hydrogens is 250 g/mol. The minimum atomic E-state index is 0.546. The van der Waals surface area contributed by atoms with Gasteiger partial charge < -0.3 is 9.84 Å². The normalized spacial score (nSPS) is 22.7. The molecule has 0 saturated heterocycles. The molecule has 94 valence electrons. The van der Waals surface area contributed by atoms with E-state index in [1.165, 1.54) is 12.0 Å². The molecule has 1 N–H and O–H groups in total. The summed E-state index contributed by atoms with van der Waals surface area (Å²) in [7, 11) is 0. The second-order valence-corrected chi connectivity index (χ2v) is 5.08. The van der Waals surface area contributed by atoms with Gasteiger partial charge in [-0.2, -0.15) is 4.98 Å². The fourth-order valence-corrected chi connectivity index (χ4v) is 2.42. The Kier molecular flexibility index (Phi) is 3.30. The lowest BCUT2D eigenvalue weighted by molar-refractivity contribution is 0.285. The highest BCUT2D eigenvalue weighted by molar-refractivity contribution is 6.30. The summed E-state index contributed by atoms with van der Waals surface area (Å²) in [4.78, 5) is 3.98. The molecule has 1 aromatic heterocycles. The van der Waals surface area contributed by atoms with Gasteiger partial charge in [0.15, 0.2) is 5.82 Å². The van der Waals surface area contributed by atoms with Crippen LogP contribution in [0.2, 0.25) is 5.02 Å². The van der Waals surface area contributed by atoms with Gasteiger partial charge in [0.25, 0.3) is 0 Å². The topological polar surface area (TPSA) is 51.0 Å². The first-order valence-corrected chi connectivity index (χ1v) is 6.43. The predicted molar refractivity (Wildman–Crippen MR) is 68.4 cm³/mol. The summed E-state index contributed by atoms with van der Waals surface area (Å²) in [5.74, 6) is 1.36. The molecule has 1 saturated carbocycles. The van der Waals surface area contributed by atoms with Crippen molar-refractivity contribution in [3.63, 3.8) is 0 Å². The first-order valence-electron chi connectivity index (χ1n) is 6.05. The minimum absolute atomic E-state index is 0.546. The van der Waals surface area contributed by atoms with E-state index in [9.17, 15) is 0 Å². The molecule has 1 aliphatic carbocycles. The monoisotopic (exact) mass is 263 g/mol. The van der Waals surface area contributed by atoms with E-state index in [-0.39, 0.29) is 0 Å². The molecule has 0 spiro atoms. The molecule has 1 heterocycles. The average Bonchev–Trinajstić information content (AvgIpc) is 2.82. The van der Waals surface area contributed by atoms with Crippen LogP contribution in [0.25, 0.3) is 0 Å². The van der Waals surface area contributed by atoms with Gasteiger partial charge in [0.2, 0.25) is 6.39 Å². The predicted octanol–water partition coefficient (Wildman–Crippen LogP) is 2.76. The summed E-state index contributed by atoms with van der Waals surface area (Å²) in [5.41, 5.74) is 1.37. The number of nitrogens with zero attached hydrogens (tertiary/aromatic N) is 2. The molecule has 0 radical (unpaired) electrons. The van der Waals surface area contributed by atoms with Gasteiger partial charge in [0.1, 0.15) is 0 Å². The van der Waals surface area contributed by atoms with E-state index < -0.39 is 0 Å². The Hall–Kier alpha value is -1.39. The lowest BCUT2D eigenvalue weighted by Crippen LogP contribution is -2.39. The van der Waals surface area contributed by atoms with Crippen LogP contribution in [-0.4, -0.2) is 16.2 Å². The molecular formula is C13H14ClN3O. The Balaban J connectivity index is 1.47. The van der Waals surface area contributed by atoms with Crippen molar-refractivity contribution < 1.29 is 4.52 Å². The summed E-state index contributed by atoms with van der Waals surface area (Å²) in [6.45, 7) is 0.675. The third kappa shape index (κ3) is 2.54. The molecule has 1 aliphatic rings. The molecule has 3 rings (SSSR count). The fraction of sp³-hybridized carbons (Fsp3) is 0.385. The van der Waals surface area contributed by atoms with Crippen molar-refractivity contribution in [1.29, 1.82) is 0 Å². The molecule has 0 amide bonds. The molecule has 0 bridgehead atoms. The van der Waals surface area contributed by atoms with Gasteiger partial charge in [-0.3, -0.25) is 0 Å². The molecule has 2 aromatic rings. The largest absolute Gasteiger partial charge is 0.343 e. The van der Waals surface area contributed by atoms with Crippen molar-refractivity contribution in [3.8, 4) is 0 Å². The van der Waals surface area contributed by atoms with Gasteiger partial charge in [-0.1, -0.05) is 28.9 Å². The second kappa shape index (κ2) is 5.08. The molecule has 1 fully saturated rings. The highest BCUT2D eigenvalue weighted by atomic mass is 35.5. The van der Waals surface area contributed by atoms with Crippen LogP contribution in [0.4, 0.5) is 0 Å². The lowest BCUT2D eigenvalue weighted by Gasteiger charge is -2.36. The Morgan fingerprint density at radius 3 is 2.72 bits per heavy atom. The number of hydrogen-bond donors (Lipinski definition) is 1. The standard InChI is InChI=1S/C13H14ClN3O/c14-11-3-1-9(2-4-11)10-5-12(6-10)15-7-13-16-8-18-17-13/h1-4,8,10,12,15H,5-7H2. The molecule has 18 heavy (non-hydrogen) atoms. The zero-order chi connectivity index (χ0) is 12.4. The van der Waals surface area contributed by atoms with Crippen LogP contribution in [0.3, 0.4) is 0 Å². The number of benzene rings is 1. The quantitative estimate of drug-likeness (QED) is 0.922. The summed E-state index contributed by atoms with van der Waals surface area (Å²) in [5, 5.41) is 7.99. The molecule has 0 unspecified atom stereocenters. The zero-order valence-corrected chi connectivity index (χ0v) is 10.6. The minimum Gasteiger partial charge on any atom is -0.343 e. The summed E-state index contributed by atoms with van der Waals surface area (Å²) in [6, 6.07) is 8.68. The molecule has 5 heteroatoms. The summed E-state index contributed by atoms with van der Waals surface area (Å²) >= 11 is 5.88. The maximum atomic E-state index is 5.88. The van der Waals surface area contributed by atoms with Crippen molar-refractivity contribution in [2.75, 3.05) is 0 Å². The highest BCUT2D eigenvalue weighted by Gasteiger charge is 2.29. The number of rotatable bonds is 4. The van der Waals surface area contributed by atoms with Gasteiger partial charge in [0.05, 0.1) is 6.54 Å². The van der Waals surface area contributed by atoms with Crippen molar-refractivity contribution >= 4 is 11.6 Å². The van der Waals surface area contributed by atoms with E-state index >= 15 is 0 Å². The van der Waals surface area contributed by atoms with Crippen molar-refractivity contribution in [1.82, 2.24) is 15.5 Å². The maximum Gasteiger partial charge on any atom is 0.213 e. The van der Waals surface area contributed by atoms with E-state index in [0.717, 1.165) is 17.9 Å². The Bertz CT molecular complexity index is 491. The van der Waals surface area contributed by atoms with E-state index in [0.29, 0.717) is 24.3 Å². The summed E-state index contributed by atoms with van der Waals surface area (Å²) < 4.78 is 4.69. The number of aromatic nitrogens is 2. The summed E-state index contributed by atoms with van der Waals surface area (Å²) in [6.07, 6.45) is 3.66. The molecule has 4 nitrogen and oxygen atoms in total. The number of hydrogen-bond acceptors (Lipinski definition) is 4. The van der Waals surface area contributed by atoms with Gasteiger partial charge in [-0.25, -0.2) is 0 Å². The maximum absolute atomic E-state index is 5.88. The zero-order valence-electron chi connectivity index (χ0n) is 9.84. The fourth-order valence-electron chi connectivity index (χ4n) is 2.30. The third-order valence-electron chi connectivity index (χ3n) is 3.44. The smallest absolute Gasteiger partial charge is 0.213 e. The highest BCUT2D eigenvalue weighted by Crippen LogP contribution is 2.37. The SMILES string of the molecule is Clc1ccc(C2CC(NCc3ncon3)C2)cc1. The third-order valence-corrected chi connectivity index (χ3v) is 3.69. The lowest BCUT2D eigenvalue weighted by atomic mass is 9.76. The van der Waals surface area contributed by atoms with Gasteiger partial charge >= 0.3 is 0 Å². The van der Waals surface area contributed by atoms with Crippen molar-refractivity contribution in [3.05, 3.63) is 47.1 Å². The Labute approximate surface area is 110 Å². The molecule has 1 aromatic carbocycles. The molecule has 0 aliphatic heterocycles. The Morgan fingerprint density at radius 2 is 2.06 bits per heavy atom. The first kappa shape index (κ1) is 11.7. The number of nitrogens with one attached hydrogen (secondary N) is 1. The van der Waals surface area contributed by atoms with Crippen molar-refractivity contribution in [2.45, 2.75) is 31.3 Å².